The van der Waals surface area contributed by atoms with Crippen molar-refractivity contribution in [2.45, 2.75) is 51.3 Å². The number of carboxylic acids is 1. The Morgan fingerprint density at radius 2 is 1.80 bits per heavy atom. The van der Waals surface area contributed by atoms with Crippen molar-refractivity contribution in [2.75, 3.05) is 5.75 Å². The zero-order chi connectivity index (χ0) is 22.4. The van der Waals surface area contributed by atoms with Gasteiger partial charge in [0.1, 0.15) is 25.0 Å². The van der Waals surface area contributed by atoms with E-state index in [0.717, 1.165) is 17.3 Å². The molecular weight excluding hydrogens is 412 g/mol. The number of carboxylic acid groups (broad SMARTS) is 1. The number of unbranched alkanes of at least 4 members (excludes halogenated alkanes) is 1. The smallest absolute Gasteiger partial charge is 0.408 e. The largest absolute Gasteiger partial charge is 0.480 e. The molecule has 0 heterocycles. The highest BCUT2D eigenvalue weighted by atomic mass is 32.2. The number of nitrogens with one attached hydrogen (secondary N) is 2. The Morgan fingerprint density at radius 1 is 1.10 bits per heavy atom. The summed E-state index contributed by atoms with van der Waals surface area (Å²) in [5.41, 5.74) is 0.766. The topological polar surface area (TPSA) is 139 Å². The average molecular weight is 439 g/mol. The molecule has 10 heteroatoms. The van der Waals surface area contributed by atoms with Gasteiger partial charge in [0.15, 0.2) is 5.12 Å². The van der Waals surface area contributed by atoms with Gasteiger partial charge in [-0.05, 0) is 24.8 Å². The summed E-state index contributed by atoms with van der Waals surface area (Å²) in [6, 6.07) is 6.70. The van der Waals surface area contributed by atoms with E-state index in [-0.39, 0.29) is 36.7 Å². The minimum Gasteiger partial charge on any atom is -0.480 e. The van der Waals surface area contributed by atoms with Crippen molar-refractivity contribution in [1.82, 2.24) is 10.6 Å². The normalized spacial score (nSPS) is 12.3. The molecule has 0 aliphatic carbocycles. The quantitative estimate of drug-likeness (QED) is 0.313. The van der Waals surface area contributed by atoms with Gasteiger partial charge in [0.25, 0.3) is 0 Å². The Balaban J connectivity index is 2.70. The third kappa shape index (κ3) is 10.6. The predicted molar refractivity (Wildman–Crippen MR) is 111 cm³/mol. The third-order valence-electron chi connectivity index (χ3n) is 3.96. The summed E-state index contributed by atoms with van der Waals surface area (Å²) >= 11 is 0.990. The number of hydrogen-bond acceptors (Lipinski definition) is 7. The summed E-state index contributed by atoms with van der Waals surface area (Å²) in [5.74, 6) is -1.68. The summed E-state index contributed by atoms with van der Waals surface area (Å²) in [6.07, 6.45) is 0.511. The molecular formula is C20H26N2O7S. The van der Waals surface area contributed by atoms with Crippen LogP contribution in [0.4, 0.5) is 4.79 Å². The fraction of sp³-hybridized carbons (Fsp3) is 0.450. The first kappa shape index (κ1) is 25.2. The van der Waals surface area contributed by atoms with Crippen LogP contribution in [-0.2, 0) is 30.5 Å². The number of alkyl carbamates (subject to hydrolysis) is 1. The van der Waals surface area contributed by atoms with Gasteiger partial charge >= 0.3 is 12.1 Å². The van der Waals surface area contributed by atoms with Crippen LogP contribution in [0.25, 0.3) is 0 Å². The van der Waals surface area contributed by atoms with Crippen molar-refractivity contribution in [2.24, 2.45) is 0 Å². The monoisotopic (exact) mass is 438 g/mol. The Labute approximate surface area is 178 Å². The molecule has 164 valence electrons. The first-order valence-corrected chi connectivity index (χ1v) is 10.4. The predicted octanol–water partition coefficient (Wildman–Crippen LogP) is 1.89. The zero-order valence-electron chi connectivity index (χ0n) is 16.7. The minimum atomic E-state index is -1.24. The van der Waals surface area contributed by atoms with Gasteiger partial charge in [0.2, 0.25) is 5.91 Å². The van der Waals surface area contributed by atoms with Gasteiger partial charge in [-0.15, -0.1) is 0 Å². The van der Waals surface area contributed by atoms with E-state index in [1.165, 1.54) is 6.92 Å². The summed E-state index contributed by atoms with van der Waals surface area (Å²) in [4.78, 5) is 57.6. The highest BCUT2D eigenvalue weighted by Crippen LogP contribution is 2.08. The van der Waals surface area contributed by atoms with E-state index in [1.54, 1.807) is 24.3 Å². The van der Waals surface area contributed by atoms with Crippen LogP contribution in [-0.4, -0.2) is 52.3 Å². The van der Waals surface area contributed by atoms with Gasteiger partial charge in [-0.25, -0.2) is 9.59 Å². The van der Waals surface area contributed by atoms with Crippen LogP contribution in [0.15, 0.2) is 30.3 Å². The number of ether oxygens (including phenoxy) is 1. The van der Waals surface area contributed by atoms with Gasteiger partial charge < -0.3 is 25.3 Å². The van der Waals surface area contributed by atoms with E-state index in [4.69, 9.17) is 4.74 Å². The van der Waals surface area contributed by atoms with E-state index in [0.29, 0.717) is 12.7 Å². The lowest BCUT2D eigenvalue weighted by Gasteiger charge is -2.21. The maximum atomic E-state index is 12.6. The average Bonchev–Trinajstić information content (AvgIpc) is 2.71. The molecule has 0 aliphatic heterocycles. The molecule has 0 spiro atoms. The van der Waals surface area contributed by atoms with Crippen molar-refractivity contribution < 1.29 is 33.8 Å². The summed E-state index contributed by atoms with van der Waals surface area (Å²) in [5, 5.41) is 13.9. The molecule has 1 aromatic rings. The highest BCUT2D eigenvalue weighted by molar-refractivity contribution is 8.13. The first-order chi connectivity index (χ1) is 14.3. The number of rotatable bonds is 13. The van der Waals surface area contributed by atoms with Crippen molar-refractivity contribution in [3.63, 3.8) is 0 Å². The number of aldehydes is 1. The van der Waals surface area contributed by atoms with E-state index >= 15 is 0 Å². The van der Waals surface area contributed by atoms with Crippen LogP contribution in [0.5, 0.6) is 0 Å². The summed E-state index contributed by atoms with van der Waals surface area (Å²) < 4.78 is 5.11. The second kappa shape index (κ2) is 14.2. The molecule has 0 saturated carbocycles. The first-order valence-electron chi connectivity index (χ1n) is 9.41. The van der Waals surface area contributed by atoms with Crippen LogP contribution < -0.4 is 10.6 Å². The van der Waals surface area contributed by atoms with E-state index in [1.807, 2.05) is 6.07 Å². The Kier molecular flexibility index (Phi) is 11.9. The number of benzene rings is 1. The van der Waals surface area contributed by atoms with Gasteiger partial charge in [-0.3, -0.25) is 9.59 Å². The lowest BCUT2D eigenvalue weighted by atomic mass is 10.1. The number of aliphatic carboxylic acids is 1. The third-order valence-corrected chi connectivity index (χ3v) is 4.81. The Bertz CT molecular complexity index is 727. The van der Waals surface area contributed by atoms with E-state index < -0.39 is 30.1 Å². The molecule has 2 amide bonds. The van der Waals surface area contributed by atoms with E-state index in [9.17, 15) is 29.1 Å². The molecule has 0 bridgehead atoms. The maximum Gasteiger partial charge on any atom is 0.408 e. The molecule has 3 N–H and O–H groups in total. The van der Waals surface area contributed by atoms with E-state index in [2.05, 4.69) is 10.6 Å². The van der Waals surface area contributed by atoms with Gasteiger partial charge in [0, 0.05) is 19.1 Å². The molecule has 0 aliphatic rings. The molecule has 0 unspecified atom stereocenters. The highest BCUT2D eigenvalue weighted by Gasteiger charge is 2.26. The fourth-order valence-electron chi connectivity index (χ4n) is 2.43. The molecule has 9 nitrogen and oxygen atoms in total. The second-order valence-electron chi connectivity index (χ2n) is 6.38. The van der Waals surface area contributed by atoms with Crippen molar-refractivity contribution >= 4 is 41.1 Å². The molecule has 1 aromatic carbocycles. The van der Waals surface area contributed by atoms with Crippen LogP contribution in [0, 0.1) is 0 Å². The van der Waals surface area contributed by atoms with Gasteiger partial charge in [0.05, 0.1) is 0 Å². The lowest BCUT2D eigenvalue weighted by molar-refractivity contribution is -0.142. The van der Waals surface area contributed by atoms with Crippen molar-refractivity contribution in [3.05, 3.63) is 35.9 Å². The molecule has 0 radical (unpaired) electrons. The number of hydrogen-bond donors (Lipinski definition) is 3. The second-order valence-corrected chi connectivity index (χ2v) is 7.66. The van der Waals surface area contributed by atoms with Crippen LogP contribution >= 0.6 is 11.8 Å². The van der Waals surface area contributed by atoms with Crippen molar-refractivity contribution in [3.8, 4) is 0 Å². The molecule has 1 rings (SSSR count). The number of carbonyl (C=O) groups excluding carboxylic acids is 4. The van der Waals surface area contributed by atoms with Gasteiger partial charge in [-0.2, -0.15) is 0 Å². The lowest BCUT2D eigenvalue weighted by Crippen LogP contribution is -2.51. The van der Waals surface area contributed by atoms with Crippen molar-refractivity contribution in [1.29, 1.82) is 0 Å². The maximum absolute atomic E-state index is 12.6. The number of amides is 2. The SMILES string of the molecule is CC(=O)SCC[C@H](NC(=O)OCc1ccccc1)C(=O)N[C@H](CCCC=O)C(=O)O. The van der Waals surface area contributed by atoms with Gasteiger partial charge in [-0.1, -0.05) is 42.1 Å². The molecule has 0 fully saturated rings. The standard InChI is InChI=1S/C20H26N2O7S/c1-14(24)30-12-10-16(18(25)21-17(19(26)27)9-5-6-11-23)22-20(28)29-13-15-7-3-2-4-8-15/h2-4,7-8,11,16-17H,5-6,9-10,12-13H2,1H3,(H,21,25)(H,22,28)(H,26,27)/t16-,17+/m0/s1. The Hall–Kier alpha value is -2.88. The number of thioether (sulfide) groups is 1. The van der Waals surface area contributed by atoms with Crippen LogP contribution in [0.3, 0.4) is 0 Å². The Morgan fingerprint density at radius 3 is 2.40 bits per heavy atom. The number of carbonyl (C=O) groups is 5. The zero-order valence-corrected chi connectivity index (χ0v) is 17.5. The fourth-order valence-corrected chi connectivity index (χ4v) is 3.07. The molecule has 2 atom stereocenters. The molecule has 30 heavy (non-hydrogen) atoms. The molecule has 0 saturated heterocycles. The van der Waals surface area contributed by atoms with Crippen LogP contribution in [0.1, 0.15) is 38.2 Å². The summed E-state index contributed by atoms with van der Waals surface area (Å²) in [7, 11) is 0. The molecule has 0 aromatic heterocycles. The summed E-state index contributed by atoms with van der Waals surface area (Å²) in [6.45, 7) is 1.39. The van der Waals surface area contributed by atoms with Crippen LogP contribution in [0.2, 0.25) is 0 Å². The minimum absolute atomic E-state index is 0.00660.